The van der Waals surface area contributed by atoms with Crippen LogP contribution in [-0.2, 0) is 0 Å². The fourth-order valence-electron chi connectivity index (χ4n) is 2.04. The van der Waals surface area contributed by atoms with Crippen LogP contribution in [0, 0.1) is 4.77 Å². The average Bonchev–Trinajstić information content (AvgIpc) is 3.22. The van der Waals surface area contributed by atoms with Crippen molar-refractivity contribution in [1.82, 2.24) is 14.9 Å². The molecule has 0 radical (unpaired) electrons. The summed E-state index contributed by atoms with van der Waals surface area (Å²) in [6.07, 6.45) is 3.14. The number of aromatic nitrogens is 3. The Kier molecular flexibility index (Phi) is 4.24. The maximum Gasteiger partial charge on any atom is 0.216 e. The van der Waals surface area contributed by atoms with Crippen LogP contribution in [0.1, 0.15) is 5.76 Å². The van der Waals surface area contributed by atoms with Crippen LogP contribution in [0.25, 0.3) is 11.4 Å². The Labute approximate surface area is 137 Å². The Bertz CT molecular complexity index is 881. The van der Waals surface area contributed by atoms with E-state index < -0.39 is 0 Å². The van der Waals surface area contributed by atoms with Gasteiger partial charge in [-0.25, -0.2) is 5.10 Å². The summed E-state index contributed by atoms with van der Waals surface area (Å²) in [6.45, 7) is 0. The lowest BCUT2D eigenvalue weighted by molar-refractivity contribution is 0.355. The topological polar surface area (TPSA) is 77.6 Å². The molecule has 2 heterocycles. The van der Waals surface area contributed by atoms with Crippen LogP contribution in [0.5, 0.6) is 11.5 Å². The van der Waals surface area contributed by atoms with E-state index in [1.807, 2.05) is 12.1 Å². The number of ether oxygens (including phenoxy) is 2. The SMILES string of the molecule is COc1ccc(-c2n[nH]c(=S)n2/N=C/c2ccco2)cc1OC. The van der Waals surface area contributed by atoms with E-state index in [-0.39, 0.29) is 0 Å². The van der Waals surface area contributed by atoms with Gasteiger partial charge >= 0.3 is 0 Å². The summed E-state index contributed by atoms with van der Waals surface area (Å²) in [6, 6.07) is 9.04. The second-order valence-corrected chi connectivity index (χ2v) is 4.88. The molecule has 7 nitrogen and oxygen atoms in total. The summed E-state index contributed by atoms with van der Waals surface area (Å²) in [4.78, 5) is 0. The summed E-state index contributed by atoms with van der Waals surface area (Å²) < 4.78 is 17.7. The molecule has 0 saturated carbocycles. The molecule has 3 rings (SSSR count). The van der Waals surface area contributed by atoms with E-state index >= 15 is 0 Å². The van der Waals surface area contributed by atoms with E-state index in [4.69, 9.17) is 26.1 Å². The lowest BCUT2D eigenvalue weighted by atomic mass is 10.2. The number of hydrogen-bond donors (Lipinski definition) is 1. The van der Waals surface area contributed by atoms with Gasteiger partial charge in [-0.05, 0) is 42.5 Å². The molecule has 0 spiro atoms. The van der Waals surface area contributed by atoms with Crippen molar-refractivity contribution in [2.75, 3.05) is 14.2 Å². The summed E-state index contributed by atoms with van der Waals surface area (Å²) in [5.74, 6) is 2.40. The predicted molar refractivity (Wildman–Crippen MR) is 87.7 cm³/mol. The van der Waals surface area contributed by atoms with Crippen molar-refractivity contribution in [1.29, 1.82) is 0 Å². The number of aromatic amines is 1. The molecule has 118 valence electrons. The maximum atomic E-state index is 5.31. The molecule has 2 aromatic heterocycles. The summed E-state index contributed by atoms with van der Waals surface area (Å²) in [5, 5.41) is 11.3. The lowest BCUT2D eigenvalue weighted by Gasteiger charge is -2.08. The van der Waals surface area contributed by atoms with Gasteiger partial charge in [0, 0.05) is 5.56 Å². The molecule has 8 heteroatoms. The van der Waals surface area contributed by atoms with Crippen LogP contribution in [0.4, 0.5) is 0 Å². The van der Waals surface area contributed by atoms with Gasteiger partial charge in [0.1, 0.15) is 5.76 Å². The van der Waals surface area contributed by atoms with Crippen molar-refractivity contribution in [2.45, 2.75) is 0 Å². The van der Waals surface area contributed by atoms with Gasteiger partial charge in [-0.3, -0.25) is 0 Å². The first kappa shape index (κ1) is 15.0. The van der Waals surface area contributed by atoms with Gasteiger partial charge in [0.25, 0.3) is 0 Å². The van der Waals surface area contributed by atoms with Crippen LogP contribution >= 0.6 is 12.2 Å². The van der Waals surface area contributed by atoms with Gasteiger partial charge in [-0.15, -0.1) is 0 Å². The zero-order valence-corrected chi connectivity index (χ0v) is 13.3. The van der Waals surface area contributed by atoms with Crippen LogP contribution in [0.15, 0.2) is 46.1 Å². The van der Waals surface area contributed by atoms with Gasteiger partial charge in [-0.2, -0.15) is 14.9 Å². The smallest absolute Gasteiger partial charge is 0.216 e. The molecule has 0 amide bonds. The first-order valence-corrected chi connectivity index (χ1v) is 7.11. The molecule has 1 N–H and O–H groups in total. The van der Waals surface area contributed by atoms with Crippen LogP contribution in [0.2, 0.25) is 0 Å². The molecule has 0 unspecified atom stereocenters. The number of methoxy groups -OCH3 is 2. The predicted octanol–water partition coefficient (Wildman–Crippen LogP) is 3.10. The molecule has 0 bridgehead atoms. The highest BCUT2D eigenvalue weighted by Crippen LogP contribution is 2.31. The molecule has 0 fully saturated rings. The molecule has 3 aromatic rings. The largest absolute Gasteiger partial charge is 0.493 e. The molecule has 1 aromatic carbocycles. The highest BCUT2D eigenvalue weighted by molar-refractivity contribution is 7.71. The highest BCUT2D eigenvalue weighted by atomic mass is 32.1. The molecule has 0 aliphatic rings. The Balaban J connectivity index is 2.03. The molecule has 0 saturated heterocycles. The number of rotatable bonds is 5. The van der Waals surface area contributed by atoms with Crippen LogP contribution < -0.4 is 9.47 Å². The summed E-state index contributed by atoms with van der Waals surface area (Å²) in [5.41, 5.74) is 0.784. The fraction of sp³-hybridized carbons (Fsp3) is 0.133. The monoisotopic (exact) mass is 330 g/mol. The van der Waals surface area contributed by atoms with E-state index in [0.717, 1.165) is 5.56 Å². The molecule has 23 heavy (non-hydrogen) atoms. The zero-order valence-electron chi connectivity index (χ0n) is 12.5. The second-order valence-electron chi connectivity index (χ2n) is 4.49. The summed E-state index contributed by atoms with van der Waals surface area (Å²) in [7, 11) is 3.16. The van der Waals surface area contributed by atoms with Crippen molar-refractivity contribution >= 4 is 18.4 Å². The third kappa shape index (κ3) is 3.02. The van der Waals surface area contributed by atoms with Gasteiger partial charge in [-0.1, -0.05) is 0 Å². The van der Waals surface area contributed by atoms with Gasteiger partial charge in [0.15, 0.2) is 17.3 Å². The van der Waals surface area contributed by atoms with Crippen molar-refractivity contribution in [2.24, 2.45) is 5.10 Å². The van der Waals surface area contributed by atoms with Crippen molar-refractivity contribution in [3.8, 4) is 22.9 Å². The van der Waals surface area contributed by atoms with E-state index in [2.05, 4.69) is 15.3 Å². The third-order valence-electron chi connectivity index (χ3n) is 3.14. The maximum absolute atomic E-state index is 5.31. The number of nitrogens with one attached hydrogen (secondary N) is 1. The minimum Gasteiger partial charge on any atom is -0.493 e. The van der Waals surface area contributed by atoms with Gasteiger partial charge in [0.05, 0.1) is 26.7 Å². The van der Waals surface area contributed by atoms with Crippen molar-refractivity contribution in [3.63, 3.8) is 0 Å². The average molecular weight is 330 g/mol. The first-order valence-electron chi connectivity index (χ1n) is 6.70. The third-order valence-corrected chi connectivity index (χ3v) is 3.40. The second kappa shape index (κ2) is 6.49. The number of nitrogens with zero attached hydrogens (tertiary/aromatic N) is 3. The zero-order chi connectivity index (χ0) is 16.2. The highest BCUT2D eigenvalue weighted by Gasteiger charge is 2.12. The Morgan fingerprint density at radius 3 is 2.78 bits per heavy atom. The van der Waals surface area contributed by atoms with Gasteiger partial charge in [0.2, 0.25) is 4.77 Å². The van der Waals surface area contributed by atoms with E-state index in [9.17, 15) is 0 Å². The van der Waals surface area contributed by atoms with Gasteiger partial charge < -0.3 is 13.9 Å². The molecular formula is C15H14N4O3S. The Morgan fingerprint density at radius 1 is 1.26 bits per heavy atom. The number of furan rings is 1. The standard InChI is InChI=1S/C15H14N4O3S/c1-20-12-6-5-10(8-13(12)21-2)14-17-18-15(23)19(14)16-9-11-4-3-7-22-11/h3-9H,1-2H3,(H,18,23)/b16-9+. The quantitative estimate of drug-likeness (QED) is 0.574. The molecular weight excluding hydrogens is 316 g/mol. The Morgan fingerprint density at radius 2 is 2.09 bits per heavy atom. The van der Waals surface area contributed by atoms with E-state index in [1.165, 1.54) is 4.68 Å². The van der Waals surface area contributed by atoms with Crippen LogP contribution in [0.3, 0.4) is 0 Å². The number of hydrogen-bond acceptors (Lipinski definition) is 6. The number of benzene rings is 1. The molecule has 0 aliphatic carbocycles. The normalized spacial score (nSPS) is 11.0. The lowest BCUT2D eigenvalue weighted by Crippen LogP contribution is -1.96. The first-order chi connectivity index (χ1) is 11.2. The van der Waals surface area contributed by atoms with E-state index in [0.29, 0.717) is 27.9 Å². The van der Waals surface area contributed by atoms with E-state index in [1.54, 1.807) is 44.9 Å². The van der Waals surface area contributed by atoms with Crippen molar-refractivity contribution in [3.05, 3.63) is 47.1 Å². The molecule has 0 atom stereocenters. The Hall–Kier alpha value is -2.87. The molecule has 0 aliphatic heterocycles. The number of H-pyrrole nitrogens is 1. The fourth-order valence-corrected chi connectivity index (χ4v) is 2.22. The van der Waals surface area contributed by atoms with Crippen molar-refractivity contribution < 1.29 is 13.9 Å². The summed E-state index contributed by atoms with van der Waals surface area (Å²) >= 11 is 5.22. The minimum atomic E-state index is 0.373. The van der Waals surface area contributed by atoms with Crippen LogP contribution in [-0.4, -0.2) is 35.3 Å². The minimum absolute atomic E-state index is 0.373.